The number of hydrogen-bond acceptors (Lipinski definition) is 8. The van der Waals surface area contributed by atoms with E-state index in [0.717, 1.165) is 0 Å². The van der Waals surface area contributed by atoms with E-state index >= 15 is 0 Å². The van der Waals surface area contributed by atoms with Crippen LogP contribution < -0.4 is 16.2 Å². The average molecular weight is 375 g/mol. The van der Waals surface area contributed by atoms with Crippen LogP contribution in [-0.4, -0.2) is 68.8 Å². The van der Waals surface area contributed by atoms with Gasteiger partial charge >= 0.3 is 0 Å². The largest absolute Gasteiger partial charge is 0.388 e. The molecule has 10 nitrogen and oxygen atoms in total. The van der Waals surface area contributed by atoms with Gasteiger partial charge in [0.2, 0.25) is 10.0 Å². The minimum atomic E-state index is -3.84. The fraction of sp³-hybridized carbons (Fsp3) is 0.500. The van der Waals surface area contributed by atoms with Crippen LogP contribution in [0.2, 0.25) is 0 Å². The van der Waals surface area contributed by atoms with Crippen molar-refractivity contribution in [1.82, 2.24) is 5.32 Å². The summed E-state index contributed by atoms with van der Waals surface area (Å²) in [4.78, 5) is 12.0. The van der Waals surface area contributed by atoms with Crippen LogP contribution in [0.3, 0.4) is 0 Å². The molecular formula is C14H21N3O7S. The highest BCUT2D eigenvalue weighted by molar-refractivity contribution is 7.89. The van der Waals surface area contributed by atoms with Crippen LogP contribution in [-0.2, 0) is 19.5 Å². The number of amides is 1. The van der Waals surface area contributed by atoms with Gasteiger partial charge in [0, 0.05) is 19.2 Å². The van der Waals surface area contributed by atoms with Crippen molar-refractivity contribution in [2.24, 2.45) is 10.9 Å². The third kappa shape index (κ3) is 4.52. The Kier molecular flexibility index (Phi) is 6.11. The van der Waals surface area contributed by atoms with E-state index in [-0.39, 0.29) is 17.0 Å². The van der Waals surface area contributed by atoms with Gasteiger partial charge in [0.25, 0.3) is 5.91 Å². The number of primary sulfonamides is 1. The van der Waals surface area contributed by atoms with Crippen LogP contribution in [0.15, 0.2) is 29.2 Å². The molecule has 2 rings (SSSR count). The minimum Gasteiger partial charge on any atom is -0.388 e. The van der Waals surface area contributed by atoms with Crippen LogP contribution >= 0.6 is 0 Å². The first-order valence-corrected chi connectivity index (χ1v) is 8.91. The van der Waals surface area contributed by atoms with E-state index in [1.807, 2.05) is 0 Å². The maximum Gasteiger partial charge on any atom is 0.251 e. The number of nitrogens with two attached hydrogens (primary N) is 2. The van der Waals surface area contributed by atoms with Crippen molar-refractivity contribution in [3.8, 4) is 0 Å². The standard InChI is InChI=1S/C14H21N3O7S/c1-23-14-10(15)12(19)11(18)9(24-14)6-17-13(20)7-2-4-8(5-3-7)25(16,21)22/h2-5,9-12,14,18-19H,6,15H2,1H3,(H,17,20)(H2,16,21,22)/t9-,10-,11-,12-,14-/m1/s1. The number of benzene rings is 1. The van der Waals surface area contributed by atoms with E-state index in [4.69, 9.17) is 20.3 Å². The second-order valence-electron chi connectivity index (χ2n) is 5.62. The number of sulfonamides is 1. The van der Waals surface area contributed by atoms with Crippen LogP contribution in [0, 0.1) is 0 Å². The number of ether oxygens (including phenoxy) is 2. The Morgan fingerprint density at radius 3 is 2.40 bits per heavy atom. The molecule has 1 aromatic rings. The first-order valence-electron chi connectivity index (χ1n) is 7.36. The Morgan fingerprint density at radius 1 is 1.28 bits per heavy atom. The molecule has 0 unspecified atom stereocenters. The normalized spacial score (nSPS) is 30.0. The van der Waals surface area contributed by atoms with Gasteiger partial charge in [-0.2, -0.15) is 0 Å². The number of aliphatic hydroxyl groups is 2. The summed E-state index contributed by atoms with van der Waals surface area (Å²) in [6.45, 7) is -0.111. The summed E-state index contributed by atoms with van der Waals surface area (Å²) in [6, 6.07) is 4.10. The van der Waals surface area contributed by atoms with Crippen LogP contribution in [0.5, 0.6) is 0 Å². The van der Waals surface area contributed by atoms with Gasteiger partial charge in [-0.15, -0.1) is 0 Å². The number of carbonyl (C=O) groups excluding carboxylic acids is 1. The lowest BCUT2D eigenvalue weighted by Gasteiger charge is -2.40. The highest BCUT2D eigenvalue weighted by Crippen LogP contribution is 2.20. The summed E-state index contributed by atoms with van der Waals surface area (Å²) in [5.41, 5.74) is 5.87. The summed E-state index contributed by atoms with van der Waals surface area (Å²) >= 11 is 0. The summed E-state index contributed by atoms with van der Waals surface area (Å²) in [7, 11) is -2.50. The Bertz CT molecular complexity index is 708. The molecule has 0 spiro atoms. The lowest BCUT2D eigenvalue weighted by atomic mass is 9.97. The maximum absolute atomic E-state index is 12.1. The second kappa shape index (κ2) is 7.74. The van der Waals surface area contributed by atoms with Crippen molar-refractivity contribution < 1.29 is 32.9 Å². The predicted molar refractivity (Wildman–Crippen MR) is 85.8 cm³/mol. The highest BCUT2D eigenvalue weighted by atomic mass is 32.2. The molecule has 5 atom stereocenters. The second-order valence-corrected chi connectivity index (χ2v) is 7.18. The lowest BCUT2D eigenvalue weighted by Crippen LogP contribution is -2.63. The summed E-state index contributed by atoms with van der Waals surface area (Å²) < 4.78 is 32.8. The summed E-state index contributed by atoms with van der Waals surface area (Å²) in [5, 5.41) is 27.4. The first kappa shape index (κ1) is 19.7. The molecule has 1 fully saturated rings. The van der Waals surface area contributed by atoms with Crippen LogP contribution in [0.4, 0.5) is 0 Å². The maximum atomic E-state index is 12.1. The van der Waals surface area contributed by atoms with Crippen molar-refractivity contribution in [2.75, 3.05) is 13.7 Å². The molecule has 25 heavy (non-hydrogen) atoms. The van der Waals surface area contributed by atoms with Gasteiger partial charge in [-0.3, -0.25) is 4.79 Å². The average Bonchev–Trinajstić information content (AvgIpc) is 2.58. The monoisotopic (exact) mass is 375 g/mol. The minimum absolute atomic E-state index is 0.111. The number of aliphatic hydroxyl groups excluding tert-OH is 2. The molecule has 140 valence electrons. The van der Waals surface area contributed by atoms with Crippen molar-refractivity contribution in [3.05, 3.63) is 29.8 Å². The van der Waals surface area contributed by atoms with E-state index in [1.165, 1.54) is 31.4 Å². The van der Waals surface area contributed by atoms with Gasteiger partial charge in [-0.1, -0.05) is 0 Å². The predicted octanol–water partition coefficient (Wildman–Crippen LogP) is -2.52. The molecule has 0 saturated carbocycles. The molecule has 1 aliphatic heterocycles. The van der Waals surface area contributed by atoms with Crippen LogP contribution in [0.1, 0.15) is 10.4 Å². The quantitative estimate of drug-likeness (QED) is 0.375. The highest BCUT2D eigenvalue weighted by Gasteiger charge is 2.42. The van der Waals surface area contributed by atoms with E-state index < -0.39 is 46.6 Å². The molecule has 1 saturated heterocycles. The molecule has 0 bridgehead atoms. The van der Waals surface area contributed by atoms with Gasteiger partial charge in [0.15, 0.2) is 6.29 Å². The third-order valence-corrected chi connectivity index (χ3v) is 4.82. The van der Waals surface area contributed by atoms with Crippen molar-refractivity contribution in [3.63, 3.8) is 0 Å². The summed E-state index contributed by atoms with van der Waals surface area (Å²) in [5.74, 6) is -0.518. The zero-order valence-electron chi connectivity index (χ0n) is 13.4. The molecule has 0 aromatic heterocycles. The van der Waals surface area contributed by atoms with Crippen LogP contribution in [0.25, 0.3) is 0 Å². The topological polar surface area (TPSA) is 174 Å². The molecule has 0 aliphatic carbocycles. The van der Waals surface area contributed by atoms with Crippen molar-refractivity contribution >= 4 is 15.9 Å². The molecule has 0 radical (unpaired) electrons. The Morgan fingerprint density at radius 2 is 1.88 bits per heavy atom. The Labute approximate surface area is 144 Å². The van der Waals surface area contributed by atoms with E-state index in [0.29, 0.717) is 0 Å². The molecule has 1 aromatic carbocycles. The third-order valence-electron chi connectivity index (χ3n) is 3.89. The van der Waals surface area contributed by atoms with E-state index in [2.05, 4.69) is 5.32 Å². The molecule has 1 aliphatic rings. The Hall–Kier alpha value is -1.60. The molecular weight excluding hydrogens is 354 g/mol. The number of carbonyl (C=O) groups is 1. The Balaban J connectivity index is 1.99. The van der Waals surface area contributed by atoms with E-state index in [9.17, 15) is 23.4 Å². The smallest absolute Gasteiger partial charge is 0.251 e. The molecule has 1 heterocycles. The zero-order valence-corrected chi connectivity index (χ0v) is 14.2. The number of methoxy groups -OCH3 is 1. The van der Waals surface area contributed by atoms with Gasteiger partial charge in [0.1, 0.15) is 18.3 Å². The number of nitrogens with one attached hydrogen (secondary N) is 1. The van der Waals surface area contributed by atoms with Gasteiger partial charge in [-0.05, 0) is 24.3 Å². The van der Waals surface area contributed by atoms with Crippen molar-refractivity contribution in [1.29, 1.82) is 0 Å². The molecule has 7 N–H and O–H groups in total. The number of rotatable bonds is 5. The van der Waals surface area contributed by atoms with Crippen molar-refractivity contribution in [2.45, 2.75) is 35.5 Å². The molecule has 1 amide bonds. The van der Waals surface area contributed by atoms with E-state index in [1.54, 1.807) is 0 Å². The first-order chi connectivity index (χ1) is 11.6. The zero-order chi connectivity index (χ0) is 18.8. The van der Waals surface area contributed by atoms with Gasteiger partial charge in [-0.25, -0.2) is 13.6 Å². The fourth-order valence-electron chi connectivity index (χ4n) is 2.42. The van der Waals surface area contributed by atoms with Gasteiger partial charge in [0.05, 0.1) is 10.9 Å². The number of hydrogen-bond donors (Lipinski definition) is 5. The molecule has 11 heteroatoms. The van der Waals surface area contributed by atoms with Gasteiger partial charge < -0.3 is 30.7 Å². The fourth-order valence-corrected chi connectivity index (χ4v) is 2.94. The summed E-state index contributed by atoms with van der Waals surface area (Å²) in [6.07, 6.45) is -4.41. The lowest BCUT2D eigenvalue weighted by molar-refractivity contribution is -0.249. The SMILES string of the molecule is CO[C@@H]1O[C@H](CNC(=O)c2ccc(S(N)(=O)=O)cc2)[C@@H](O)[C@H](O)[C@H]1N.